The zero-order valence-corrected chi connectivity index (χ0v) is 26.4. The number of sulfonamides is 1. The van der Waals surface area contributed by atoms with Gasteiger partial charge in [-0.3, -0.25) is 19.1 Å². The monoisotopic (exact) mass is 635 g/mol. The number of ether oxygens (including phenoxy) is 1. The molecule has 45 heavy (non-hydrogen) atoms. The van der Waals surface area contributed by atoms with Crippen LogP contribution in [0.25, 0.3) is 11.4 Å². The molecular formula is C33H41N5O6S. The Balaban J connectivity index is 1.33. The van der Waals surface area contributed by atoms with Crippen LogP contribution in [0.3, 0.4) is 0 Å². The Bertz CT molecular complexity index is 1550. The van der Waals surface area contributed by atoms with Crippen molar-refractivity contribution < 1.29 is 27.5 Å². The van der Waals surface area contributed by atoms with E-state index in [0.717, 1.165) is 24.8 Å². The molecule has 3 aliphatic rings. The molecule has 3 fully saturated rings. The molecule has 0 unspecified atom stereocenters. The van der Waals surface area contributed by atoms with Gasteiger partial charge >= 0.3 is 0 Å². The average molecular weight is 636 g/mol. The minimum absolute atomic E-state index is 0.182. The van der Waals surface area contributed by atoms with Crippen LogP contribution < -0.4 is 14.8 Å². The lowest BCUT2D eigenvalue weighted by Crippen LogP contribution is -2.54. The maximum absolute atomic E-state index is 13.9. The Morgan fingerprint density at radius 2 is 1.82 bits per heavy atom. The van der Waals surface area contributed by atoms with Crippen LogP contribution in [0.15, 0.2) is 67.9 Å². The predicted molar refractivity (Wildman–Crippen MR) is 169 cm³/mol. The van der Waals surface area contributed by atoms with Gasteiger partial charge in [-0.05, 0) is 51.4 Å². The number of nitrogens with zero attached hydrogens (tertiary/aromatic N) is 3. The molecule has 0 saturated heterocycles. The summed E-state index contributed by atoms with van der Waals surface area (Å²) in [5.41, 5.74) is -0.604. The maximum Gasteiger partial charge on any atom is 0.259 e. The molecule has 0 radical (unpaired) electrons. The van der Waals surface area contributed by atoms with Crippen molar-refractivity contribution in [1.29, 1.82) is 0 Å². The van der Waals surface area contributed by atoms with Crippen LogP contribution in [0, 0.1) is 17.8 Å². The largest absolute Gasteiger partial charge is 0.474 e. The zero-order valence-electron chi connectivity index (χ0n) is 25.6. The number of benzene rings is 1. The maximum atomic E-state index is 13.9. The lowest BCUT2D eigenvalue weighted by atomic mass is 9.93. The number of carbonyl (C=O) groups is 3. The van der Waals surface area contributed by atoms with Gasteiger partial charge in [-0.2, -0.15) is 4.98 Å². The predicted octanol–water partition coefficient (Wildman–Crippen LogP) is 3.40. The fourth-order valence-corrected chi connectivity index (χ4v) is 7.38. The van der Waals surface area contributed by atoms with E-state index in [1.807, 2.05) is 36.4 Å². The Kier molecular flexibility index (Phi) is 9.71. The first kappa shape index (κ1) is 32.3. The number of hydrogen-bond acceptors (Lipinski definition) is 8. The highest BCUT2D eigenvalue weighted by atomic mass is 32.2. The van der Waals surface area contributed by atoms with E-state index < -0.39 is 56.5 Å². The highest BCUT2D eigenvalue weighted by Crippen LogP contribution is 2.46. The lowest BCUT2D eigenvalue weighted by molar-refractivity contribution is -0.140. The number of carbonyl (C=O) groups excluding carboxylic acids is 3. The first-order valence-electron chi connectivity index (χ1n) is 15.5. The van der Waals surface area contributed by atoms with Gasteiger partial charge in [-0.25, -0.2) is 13.4 Å². The lowest BCUT2D eigenvalue weighted by Gasteiger charge is -2.26. The Hall–Kier alpha value is -4.06. The standard InChI is InChI=1S/C33H41N5O6S/c1-4-6-7-11-18-38(3)31(40)27-20-24(44-28-16-17-34-29(35-28)22-12-9-8-10-13-22)19-26(27)30(39)36-33(21-23(33)5-2)32(41)37-45(42,43)25-14-15-25/h4-5,8-10,12-13,16-17,23-27H,1-2,6-7,11,14-15,18-21H2,3H3,(H,36,39)(H,37,41)/t23-,24-,26-,27-,33-/m1/s1. The van der Waals surface area contributed by atoms with Gasteiger partial charge in [0.25, 0.3) is 5.91 Å². The summed E-state index contributed by atoms with van der Waals surface area (Å²) in [4.78, 5) is 51.5. The zero-order chi connectivity index (χ0) is 32.2. The number of amides is 3. The third-order valence-corrected chi connectivity index (χ3v) is 10.7. The summed E-state index contributed by atoms with van der Waals surface area (Å²) < 4.78 is 33.5. The van der Waals surface area contributed by atoms with Crippen LogP contribution in [0.4, 0.5) is 0 Å². The number of aromatic nitrogens is 2. The van der Waals surface area contributed by atoms with Crippen molar-refractivity contribution in [3.8, 4) is 17.3 Å². The summed E-state index contributed by atoms with van der Waals surface area (Å²) in [5.74, 6) is -2.55. The van der Waals surface area contributed by atoms with Crippen molar-refractivity contribution in [2.24, 2.45) is 17.8 Å². The van der Waals surface area contributed by atoms with Crippen molar-refractivity contribution in [3.63, 3.8) is 0 Å². The van der Waals surface area contributed by atoms with Crippen LogP contribution in [-0.2, 0) is 24.4 Å². The molecule has 1 aromatic heterocycles. The smallest absolute Gasteiger partial charge is 0.259 e. The molecule has 3 amide bonds. The highest BCUT2D eigenvalue weighted by molar-refractivity contribution is 7.91. The Morgan fingerprint density at radius 3 is 2.49 bits per heavy atom. The summed E-state index contributed by atoms with van der Waals surface area (Å²) >= 11 is 0. The van der Waals surface area contributed by atoms with Gasteiger partial charge in [0.05, 0.1) is 17.1 Å². The van der Waals surface area contributed by atoms with Crippen molar-refractivity contribution in [3.05, 3.63) is 67.9 Å². The van der Waals surface area contributed by atoms with Gasteiger partial charge in [-0.1, -0.05) is 42.5 Å². The molecule has 3 saturated carbocycles. The molecule has 0 bridgehead atoms. The van der Waals surface area contributed by atoms with Crippen LogP contribution in [0.2, 0.25) is 0 Å². The molecule has 1 heterocycles. The average Bonchev–Trinajstić information content (AvgIpc) is 3.96. The topological polar surface area (TPSA) is 148 Å². The fraction of sp³-hybridized carbons (Fsp3) is 0.485. The van der Waals surface area contributed by atoms with Gasteiger partial charge in [0, 0.05) is 37.3 Å². The van der Waals surface area contributed by atoms with Crippen molar-refractivity contribution >= 4 is 27.7 Å². The highest BCUT2D eigenvalue weighted by Gasteiger charge is 2.62. The van der Waals surface area contributed by atoms with E-state index in [-0.39, 0.29) is 25.2 Å². The van der Waals surface area contributed by atoms with Gasteiger partial charge < -0.3 is 15.0 Å². The van der Waals surface area contributed by atoms with E-state index in [1.165, 1.54) is 0 Å². The third kappa shape index (κ3) is 7.43. The van der Waals surface area contributed by atoms with Gasteiger partial charge in [-0.15, -0.1) is 13.2 Å². The van der Waals surface area contributed by atoms with E-state index in [0.29, 0.717) is 31.1 Å². The number of hydrogen-bond donors (Lipinski definition) is 2. The number of rotatable bonds is 15. The second-order valence-corrected chi connectivity index (χ2v) is 14.2. The molecule has 11 nitrogen and oxygen atoms in total. The molecule has 5 atom stereocenters. The SMILES string of the molecule is C=CCCCCN(C)C(=O)[C@@H]1C[C@H](Oc2ccnc(-c3ccccc3)n2)C[C@H]1C(=O)N[C@]1(C(=O)NS(=O)(=O)C2CC2)C[C@H]1C=C. The van der Waals surface area contributed by atoms with E-state index in [1.54, 1.807) is 30.3 Å². The normalized spacial score (nSPS) is 25.5. The quantitative estimate of drug-likeness (QED) is 0.224. The summed E-state index contributed by atoms with van der Waals surface area (Å²) in [7, 11) is -2.09. The molecule has 0 aliphatic heterocycles. The van der Waals surface area contributed by atoms with Gasteiger partial charge in [0.15, 0.2) is 5.82 Å². The first-order valence-corrected chi connectivity index (χ1v) is 17.0. The van der Waals surface area contributed by atoms with E-state index in [9.17, 15) is 22.8 Å². The molecule has 5 rings (SSSR count). The number of nitrogens with one attached hydrogen (secondary N) is 2. The van der Waals surface area contributed by atoms with Crippen LogP contribution in [-0.4, -0.2) is 71.5 Å². The molecule has 2 aromatic rings. The summed E-state index contributed by atoms with van der Waals surface area (Å²) in [6.45, 7) is 8.04. The van der Waals surface area contributed by atoms with Crippen molar-refractivity contribution in [2.45, 2.75) is 68.3 Å². The Labute approximate surface area is 264 Å². The van der Waals surface area contributed by atoms with E-state index in [4.69, 9.17) is 4.74 Å². The van der Waals surface area contributed by atoms with Crippen LogP contribution >= 0.6 is 0 Å². The molecule has 2 N–H and O–H groups in total. The minimum Gasteiger partial charge on any atom is -0.474 e. The molecule has 12 heteroatoms. The molecule has 1 aromatic carbocycles. The molecule has 240 valence electrons. The minimum atomic E-state index is -3.82. The van der Waals surface area contributed by atoms with Crippen molar-refractivity contribution in [1.82, 2.24) is 24.9 Å². The van der Waals surface area contributed by atoms with Gasteiger partial charge in [0.1, 0.15) is 11.6 Å². The summed E-state index contributed by atoms with van der Waals surface area (Å²) in [5, 5.41) is 2.25. The second-order valence-electron chi connectivity index (χ2n) is 12.2. The molecule has 0 spiro atoms. The second kappa shape index (κ2) is 13.5. The third-order valence-electron chi connectivity index (χ3n) is 8.90. The van der Waals surface area contributed by atoms with Gasteiger partial charge in [0.2, 0.25) is 27.7 Å². The summed E-state index contributed by atoms with van der Waals surface area (Å²) in [6, 6.07) is 11.1. The Morgan fingerprint density at radius 1 is 1.09 bits per heavy atom. The molecular weight excluding hydrogens is 594 g/mol. The summed E-state index contributed by atoms with van der Waals surface area (Å²) in [6.07, 6.45) is 8.74. The molecule has 3 aliphatic carbocycles. The number of allylic oxidation sites excluding steroid dienone is 1. The van der Waals surface area contributed by atoms with Crippen molar-refractivity contribution in [2.75, 3.05) is 13.6 Å². The first-order chi connectivity index (χ1) is 21.6. The van der Waals surface area contributed by atoms with Crippen LogP contribution in [0.5, 0.6) is 5.88 Å². The van der Waals surface area contributed by atoms with Crippen LogP contribution in [0.1, 0.15) is 51.4 Å². The fourth-order valence-electron chi connectivity index (χ4n) is 6.01. The van der Waals surface area contributed by atoms with E-state index in [2.05, 4.69) is 33.2 Å². The number of unbranched alkanes of at least 4 members (excludes halogenated alkanes) is 2. The van der Waals surface area contributed by atoms with E-state index >= 15 is 0 Å².